The van der Waals surface area contributed by atoms with Crippen LogP contribution in [-0.4, -0.2) is 37.3 Å². The molecule has 0 fully saturated rings. The van der Waals surface area contributed by atoms with Crippen LogP contribution >= 0.6 is 0 Å². The van der Waals surface area contributed by atoms with Crippen LogP contribution in [0.4, 0.5) is 17.1 Å². The number of benzene rings is 2. The molecule has 2 aromatic rings. The molecule has 146 valence electrons. The van der Waals surface area contributed by atoms with Crippen molar-refractivity contribution in [2.45, 2.75) is 13.8 Å². The topological polar surface area (TPSA) is 105 Å². The van der Waals surface area contributed by atoms with Crippen LogP contribution in [0.1, 0.15) is 24.2 Å². The van der Waals surface area contributed by atoms with Gasteiger partial charge < -0.3 is 20.3 Å². The smallest absolute Gasteiger partial charge is 0.339 e. The minimum Gasteiger partial charge on any atom is -0.465 e. The van der Waals surface area contributed by atoms with E-state index < -0.39 is 17.8 Å². The highest BCUT2D eigenvalue weighted by molar-refractivity contribution is 6.06. The lowest BCUT2D eigenvalue weighted by atomic mass is 10.1. The number of anilines is 3. The highest BCUT2D eigenvalue weighted by Crippen LogP contribution is 2.22. The molecule has 0 saturated heterocycles. The molecule has 0 bridgehead atoms. The number of hydrogen-bond donors (Lipinski definition) is 2. The van der Waals surface area contributed by atoms with E-state index in [1.165, 1.54) is 31.9 Å². The van der Waals surface area contributed by atoms with Gasteiger partial charge in [0.25, 0.3) is 0 Å². The van der Waals surface area contributed by atoms with Crippen LogP contribution in [0, 0.1) is 0 Å². The molecular weight excluding hydrogens is 362 g/mol. The van der Waals surface area contributed by atoms with Crippen molar-refractivity contribution in [1.29, 1.82) is 0 Å². The zero-order valence-corrected chi connectivity index (χ0v) is 15.8. The average molecular weight is 383 g/mol. The second kappa shape index (κ2) is 9.31. The highest BCUT2D eigenvalue weighted by Gasteiger charge is 2.22. The fraction of sp³-hybridized carbons (Fsp3) is 0.200. The number of nitrogens with one attached hydrogen (secondary N) is 2. The number of esters is 1. The van der Waals surface area contributed by atoms with Gasteiger partial charge in [0, 0.05) is 25.2 Å². The Hall–Kier alpha value is -3.68. The Morgan fingerprint density at radius 2 is 1.46 bits per heavy atom. The van der Waals surface area contributed by atoms with Gasteiger partial charge in [0.2, 0.25) is 17.7 Å². The monoisotopic (exact) mass is 383 g/mol. The number of methoxy groups -OCH3 is 1. The third-order valence-electron chi connectivity index (χ3n) is 3.77. The summed E-state index contributed by atoms with van der Waals surface area (Å²) >= 11 is 0. The van der Waals surface area contributed by atoms with Crippen LogP contribution in [-0.2, 0) is 19.1 Å². The van der Waals surface area contributed by atoms with Gasteiger partial charge in [-0.1, -0.05) is 12.1 Å². The molecule has 0 atom stereocenters. The summed E-state index contributed by atoms with van der Waals surface area (Å²) in [5.41, 5.74) is 1.58. The van der Waals surface area contributed by atoms with Gasteiger partial charge in [-0.2, -0.15) is 0 Å². The predicted octanol–water partition coefficient (Wildman–Crippen LogP) is 2.42. The van der Waals surface area contributed by atoms with Crippen molar-refractivity contribution in [2.24, 2.45) is 0 Å². The summed E-state index contributed by atoms with van der Waals surface area (Å²) in [6, 6.07) is 13.0. The zero-order valence-electron chi connectivity index (χ0n) is 15.8. The molecule has 0 aliphatic heterocycles. The van der Waals surface area contributed by atoms with E-state index in [0.717, 1.165) is 0 Å². The van der Waals surface area contributed by atoms with E-state index in [-0.39, 0.29) is 23.7 Å². The Morgan fingerprint density at radius 3 is 2.00 bits per heavy atom. The van der Waals surface area contributed by atoms with Crippen LogP contribution in [0.3, 0.4) is 0 Å². The first-order chi connectivity index (χ1) is 13.3. The third-order valence-corrected chi connectivity index (χ3v) is 3.77. The van der Waals surface area contributed by atoms with Crippen LogP contribution in [0.25, 0.3) is 0 Å². The molecular formula is C20H21N3O5. The van der Waals surface area contributed by atoms with Gasteiger partial charge in [0.05, 0.1) is 18.4 Å². The van der Waals surface area contributed by atoms with Crippen molar-refractivity contribution in [2.75, 3.05) is 29.2 Å². The molecule has 8 heteroatoms. The summed E-state index contributed by atoms with van der Waals surface area (Å²) in [5.74, 6) is -1.64. The van der Waals surface area contributed by atoms with E-state index in [9.17, 15) is 19.2 Å². The van der Waals surface area contributed by atoms with E-state index in [0.29, 0.717) is 11.4 Å². The molecule has 0 spiro atoms. The predicted molar refractivity (Wildman–Crippen MR) is 105 cm³/mol. The molecule has 0 aromatic heterocycles. The summed E-state index contributed by atoms with van der Waals surface area (Å²) in [4.78, 5) is 48.7. The lowest BCUT2D eigenvalue weighted by Crippen LogP contribution is -2.37. The number of ether oxygens (including phenoxy) is 1. The van der Waals surface area contributed by atoms with E-state index in [2.05, 4.69) is 10.6 Å². The number of para-hydroxylation sites is 1. The summed E-state index contributed by atoms with van der Waals surface area (Å²) in [5, 5.41) is 5.31. The van der Waals surface area contributed by atoms with Gasteiger partial charge in [-0.05, 0) is 36.4 Å². The minimum atomic E-state index is -0.601. The Morgan fingerprint density at radius 1 is 0.893 bits per heavy atom. The molecule has 8 nitrogen and oxygen atoms in total. The zero-order chi connectivity index (χ0) is 20.7. The normalized spacial score (nSPS) is 9.96. The second-order valence-electron chi connectivity index (χ2n) is 5.92. The van der Waals surface area contributed by atoms with Gasteiger partial charge in [-0.3, -0.25) is 14.4 Å². The number of rotatable bonds is 6. The molecule has 3 amide bonds. The van der Waals surface area contributed by atoms with Gasteiger partial charge in [-0.15, -0.1) is 0 Å². The molecule has 0 saturated carbocycles. The Bertz CT molecular complexity index is 893. The molecule has 0 aliphatic carbocycles. The van der Waals surface area contributed by atoms with Crippen molar-refractivity contribution in [3.05, 3.63) is 54.1 Å². The fourth-order valence-electron chi connectivity index (χ4n) is 2.54. The van der Waals surface area contributed by atoms with Gasteiger partial charge in [-0.25, -0.2) is 4.79 Å². The maximum atomic E-state index is 12.4. The lowest BCUT2D eigenvalue weighted by Gasteiger charge is -2.22. The largest absolute Gasteiger partial charge is 0.465 e. The quantitative estimate of drug-likeness (QED) is 0.746. The lowest BCUT2D eigenvalue weighted by molar-refractivity contribution is -0.120. The first-order valence-electron chi connectivity index (χ1n) is 8.44. The van der Waals surface area contributed by atoms with Gasteiger partial charge in [0.1, 0.15) is 6.54 Å². The molecule has 0 radical (unpaired) electrons. The van der Waals surface area contributed by atoms with Crippen molar-refractivity contribution in [3.63, 3.8) is 0 Å². The fourth-order valence-corrected chi connectivity index (χ4v) is 2.54. The first kappa shape index (κ1) is 20.6. The molecule has 0 unspecified atom stereocenters. The third kappa shape index (κ3) is 5.41. The molecule has 2 rings (SSSR count). The summed E-state index contributed by atoms with van der Waals surface area (Å²) in [6.07, 6.45) is 0. The summed E-state index contributed by atoms with van der Waals surface area (Å²) < 4.78 is 4.74. The number of hydrogen-bond acceptors (Lipinski definition) is 5. The Labute approximate surface area is 162 Å². The van der Waals surface area contributed by atoms with E-state index >= 15 is 0 Å². The second-order valence-corrected chi connectivity index (χ2v) is 5.92. The molecule has 2 N–H and O–H groups in total. The van der Waals surface area contributed by atoms with Crippen LogP contribution < -0.4 is 15.5 Å². The van der Waals surface area contributed by atoms with Crippen LogP contribution in [0.2, 0.25) is 0 Å². The SMILES string of the molecule is COC(=O)c1ccccc1N(CC(=O)Nc1ccc(NC(C)=O)cc1)C(C)=O. The van der Waals surface area contributed by atoms with E-state index in [1.54, 1.807) is 42.5 Å². The molecule has 2 aromatic carbocycles. The number of carbonyl (C=O) groups is 4. The maximum Gasteiger partial charge on any atom is 0.339 e. The number of amides is 3. The van der Waals surface area contributed by atoms with Crippen molar-refractivity contribution < 1.29 is 23.9 Å². The molecule has 0 aliphatic rings. The number of nitrogens with zero attached hydrogens (tertiary/aromatic N) is 1. The van der Waals surface area contributed by atoms with Gasteiger partial charge >= 0.3 is 5.97 Å². The van der Waals surface area contributed by atoms with E-state index in [4.69, 9.17) is 4.74 Å². The maximum absolute atomic E-state index is 12.4. The Kier molecular flexibility index (Phi) is 6.86. The molecule has 28 heavy (non-hydrogen) atoms. The van der Waals surface area contributed by atoms with Crippen molar-refractivity contribution in [1.82, 2.24) is 0 Å². The van der Waals surface area contributed by atoms with Crippen molar-refractivity contribution >= 4 is 40.8 Å². The summed E-state index contributed by atoms with van der Waals surface area (Å²) in [7, 11) is 1.24. The molecule has 0 heterocycles. The Balaban J connectivity index is 2.15. The minimum absolute atomic E-state index is 0.188. The van der Waals surface area contributed by atoms with E-state index in [1.807, 2.05) is 0 Å². The van der Waals surface area contributed by atoms with Crippen molar-refractivity contribution in [3.8, 4) is 0 Å². The summed E-state index contributed by atoms with van der Waals surface area (Å²) in [6.45, 7) is 2.43. The average Bonchev–Trinajstić information content (AvgIpc) is 2.66. The first-order valence-corrected chi connectivity index (χ1v) is 8.44. The highest BCUT2D eigenvalue weighted by atomic mass is 16.5. The number of carbonyl (C=O) groups excluding carboxylic acids is 4. The van der Waals surface area contributed by atoms with Gasteiger partial charge in [0.15, 0.2) is 0 Å². The van der Waals surface area contributed by atoms with Crippen LogP contribution in [0.5, 0.6) is 0 Å². The standard InChI is InChI=1S/C20H21N3O5/c1-13(24)21-15-8-10-16(11-9-15)22-19(26)12-23(14(2)25)18-7-5-4-6-17(18)20(27)28-3/h4-11H,12H2,1-3H3,(H,21,24)(H,22,26). The van der Waals surface area contributed by atoms with Crippen LogP contribution in [0.15, 0.2) is 48.5 Å².